The highest BCUT2D eigenvalue weighted by Crippen LogP contribution is 2.34. The second kappa shape index (κ2) is 6.17. The van der Waals surface area contributed by atoms with Gasteiger partial charge in [-0.25, -0.2) is 0 Å². The van der Waals surface area contributed by atoms with Crippen LogP contribution in [0.4, 0.5) is 13.2 Å². The normalized spacial score (nSPS) is 12.1. The first-order chi connectivity index (χ1) is 13.9. The Bertz CT molecular complexity index is 1460. The molecule has 0 radical (unpaired) electrons. The summed E-state index contributed by atoms with van der Waals surface area (Å²) in [4.78, 5) is 17.8. The van der Waals surface area contributed by atoms with Gasteiger partial charge in [-0.2, -0.15) is 13.2 Å². The molecule has 0 saturated carbocycles. The Morgan fingerprint density at radius 3 is 2.41 bits per heavy atom. The molecule has 29 heavy (non-hydrogen) atoms. The summed E-state index contributed by atoms with van der Waals surface area (Å²) in [6, 6.07) is 19.4. The van der Waals surface area contributed by atoms with Crippen molar-refractivity contribution < 1.29 is 13.2 Å². The second-order valence-corrected chi connectivity index (χ2v) is 6.77. The summed E-state index contributed by atoms with van der Waals surface area (Å²) in [7, 11) is 0. The minimum Gasteiger partial charge on any atom is -0.274 e. The monoisotopic (exact) mass is 390 g/mol. The molecule has 5 rings (SSSR count). The van der Waals surface area contributed by atoms with E-state index in [4.69, 9.17) is 0 Å². The Hall–Kier alpha value is -3.67. The van der Waals surface area contributed by atoms with Crippen molar-refractivity contribution in [2.24, 2.45) is 0 Å². The molecule has 3 aromatic carbocycles. The smallest absolute Gasteiger partial charge is 0.274 e. The van der Waals surface area contributed by atoms with Crippen molar-refractivity contribution in [3.8, 4) is 5.69 Å². The summed E-state index contributed by atoms with van der Waals surface area (Å²) < 4.78 is 41.3. The zero-order chi connectivity index (χ0) is 20.2. The molecule has 0 N–H and O–H groups in total. The van der Waals surface area contributed by atoms with Gasteiger partial charge in [0.05, 0.1) is 22.3 Å². The summed E-state index contributed by atoms with van der Waals surface area (Å²) in [5.41, 5.74) is 0.604. The van der Waals surface area contributed by atoms with Gasteiger partial charge >= 0.3 is 6.18 Å². The Morgan fingerprint density at radius 2 is 1.59 bits per heavy atom. The first-order valence-electron chi connectivity index (χ1n) is 8.94. The van der Waals surface area contributed by atoms with E-state index in [1.165, 1.54) is 10.6 Å². The SMILES string of the molecule is O=c1c2ccc(C(F)(F)F)cc2c2ccccc2n1-c1cccc2cccnc12. The van der Waals surface area contributed by atoms with Gasteiger partial charge in [0.1, 0.15) is 0 Å². The molecule has 142 valence electrons. The maximum atomic E-state index is 13.4. The number of nitrogens with zero attached hydrogens (tertiary/aromatic N) is 2. The Kier molecular flexibility index (Phi) is 3.71. The average molecular weight is 390 g/mol. The van der Waals surface area contributed by atoms with Crippen LogP contribution >= 0.6 is 0 Å². The number of rotatable bonds is 1. The van der Waals surface area contributed by atoms with Crippen molar-refractivity contribution >= 4 is 32.6 Å². The Balaban J connectivity index is 1.97. The fourth-order valence-corrected chi connectivity index (χ4v) is 3.76. The van der Waals surface area contributed by atoms with Gasteiger partial charge in [0.15, 0.2) is 0 Å². The van der Waals surface area contributed by atoms with Crippen molar-refractivity contribution in [3.05, 3.63) is 94.9 Å². The molecule has 0 bridgehead atoms. The van der Waals surface area contributed by atoms with Gasteiger partial charge in [0.2, 0.25) is 0 Å². The molecule has 2 aromatic heterocycles. The molecule has 5 aromatic rings. The molecule has 0 fully saturated rings. The lowest BCUT2D eigenvalue weighted by molar-refractivity contribution is -0.137. The third-order valence-electron chi connectivity index (χ3n) is 5.07. The maximum absolute atomic E-state index is 13.4. The minimum absolute atomic E-state index is 0.227. The number of benzene rings is 3. The summed E-state index contributed by atoms with van der Waals surface area (Å²) in [6.45, 7) is 0. The van der Waals surface area contributed by atoms with Crippen LogP contribution in [0.15, 0.2) is 83.8 Å². The number of pyridine rings is 2. The van der Waals surface area contributed by atoms with Crippen molar-refractivity contribution in [1.29, 1.82) is 0 Å². The van der Waals surface area contributed by atoms with Crippen molar-refractivity contribution in [1.82, 2.24) is 9.55 Å². The highest BCUT2D eigenvalue weighted by molar-refractivity contribution is 6.07. The van der Waals surface area contributed by atoms with Crippen LogP contribution in [-0.2, 0) is 6.18 Å². The van der Waals surface area contributed by atoms with Crippen LogP contribution in [0.5, 0.6) is 0 Å². The van der Waals surface area contributed by atoms with E-state index in [0.29, 0.717) is 22.1 Å². The number of alkyl halides is 3. The van der Waals surface area contributed by atoms with Crippen LogP contribution in [-0.4, -0.2) is 9.55 Å². The second-order valence-electron chi connectivity index (χ2n) is 6.77. The first-order valence-corrected chi connectivity index (χ1v) is 8.94. The van der Waals surface area contributed by atoms with Gasteiger partial charge in [-0.1, -0.05) is 36.4 Å². The lowest BCUT2D eigenvalue weighted by Crippen LogP contribution is -2.20. The van der Waals surface area contributed by atoms with Crippen LogP contribution in [0.2, 0.25) is 0 Å². The molecular weight excluding hydrogens is 377 g/mol. The zero-order valence-corrected chi connectivity index (χ0v) is 14.9. The van der Waals surface area contributed by atoms with Crippen molar-refractivity contribution in [2.45, 2.75) is 6.18 Å². The molecule has 0 aliphatic heterocycles. The predicted molar refractivity (Wildman–Crippen MR) is 107 cm³/mol. The topological polar surface area (TPSA) is 34.9 Å². The molecular formula is C23H13F3N2O. The van der Waals surface area contributed by atoms with Gasteiger partial charge in [-0.05, 0) is 41.8 Å². The first kappa shape index (κ1) is 17.4. The molecule has 0 spiro atoms. The van der Waals surface area contributed by atoms with Crippen LogP contribution in [0, 0.1) is 0 Å². The third-order valence-corrected chi connectivity index (χ3v) is 5.07. The molecule has 6 heteroatoms. The van der Waals surface area contributed by atoms with Gasteiger partial charge in [-0.3, -0.25) is 14.3 Å². The number of fused-ring (bicyclic) bond motifs is 4. The number of halogens is 3. The molecule has 0 aliphatic carbocycles. The molecule has 0 saturated heterocycles. The van der Waals surface area contributed by atoms with Crippen LogP contribution in [0.25, 0.3) is 38.3 Å². The Labute approximate surface area is 162 Å². The Morgan fingerprint density at radius 1 is 0.793 bits per heavy atom. The van der Waals surface area contributed by atoms with E-state index in [-0.39, 0.29) is 16.3 Å². The fraction of sp³-hybridized carbons (Fsp3) is 0.0435. The lowest BCUT2D eigenvalue weighted by atomic mass is 10.0. The third kappa shape index (κ3) is 2.68. The van der Waals surface area contributed by atoms with Gasteiger partial charge < -0.3 is 0 Å². The van der Waals surface area contributed by atoms with E-state index < -0.39 is 11.7 Å². The van der Waals surface area contributed by atoms with Crippen LogP contribution in [0.1, 0.15) is 5.56 Å². The largest absolute Gasteiger partial charge is 0.416 e. The van der Waals surface area contributed by atoms with Gasteiger partial charge in [-0.15, -0.1) is 0 Å². The maximum Gasteiger partial charge on any atom is 0.416 e. The highest BCUT2D eigenvalue weighted by atomic mass is 19.4. The van der Waals surface area contributed by atoms with E-state index in [1.807, 2.05) is 24.3 Å². The number of aromatic nitrogens is 2. The molecule has 0 aliphatic rings. The van der Waals surface area contributed by atoms with E-state index in [0.717, 1.165) is 17.5 Å². The molecule has 2 heterocycles. The quantitative estimate of drug-likeness (QED) is 0.344. The van der Waals surface area contributed by atoms with Gasteiger partial charge in [0.25, 0.3) is 5.56 Å². The zero-order valence-electron chi connectivity index (χ0n) is 14.9. The molecule has 0 atom stereocenters. The summed E-state index contributed by atoms with van der Waals surface area (Å²) in [5.74, 6) is 0. The number of hydrogen-bond acceptors (Lipinski definition) is 2. The summed E-state index contributed by atoms with van der Waals surface area (Å²) in [6.07, 6.45) is -2.83. The molecule has 3 nitrogen and oxygen atoms in total. The number of hydrogen-bond donors (Lipinski definition) is 0. The van der Waals surface area contributed by atoms with E-state index in [9.17, 15) is 18.0 Å². The minimum atomic E-state index is -4.48. The van der Waals surface area contributed by atoms with E-state index >= 15 is 0 Å². The van der Waals surface area contributed by atoms with Crippen molar-refractivity contribution in [3.63, 3.8) is 0 Å². The van der Waals surface area contributed by atoms with Crippen LogP contribution < -0.4 is 5.56 Å². The molecule has 0 amide bonds. The standard InChI is InChI=1S/C23H13F3N2O/c24-23(25,26)15-10-11-17-18(13-15)16-7-1-2-8-19(16)28(22(17)29)20-9-3-5-14-6-4-12-27-21(14)20/h1-13H. The highest BCUT2D eigenvalue weighted by Gasteiger charge is 2.31. The average Bonchev–Trinajstić information content (AvgIpc) is 2.73. The summed E-state index contributed by atoms with van der Waals surface area (Å²) >= 11 is 0. The fourth-order valence-electron chi connectivity index (χ4n) is 3.76. The predicted octanol–water partition coefficient (Wildman–Crippen LogP) is 5.71. The summed E-state index contributed by atoms with van der Waals surface area (Å²) in [5, 5.41) is 1.95. The van der Waals surface area contributed by atoms with E-state index in [2.05, 4.69) is 4.98 Å². The van der Waals surface area contributed by atoms with Crippen LogP contribution in [0.3, 0.4) is 0 Å². The van der Waals surface area contributed by atoms with Crippen molar-refractivity contribution in [2.75, 3.05) is 0 Å². The lowest BCUT2D eigenvalue weighted by Gasteiger charge is -2.16. The van der Waals surface area contributed by atoms with E-state index in [1.54, 1.807) is 36.5 Å². The molecule has 0 unspecified atom stereocenters. The number of para-hydroxylation sites is 2. The van der Waals surface area contributed by atoms with Gasteiger partial charge in [0, 0.05) is 22.4 Å².